The van der Waals surface area contributed by atoms with Crippen LogP contribution in [0.3, 0.4) is 0 Å². The molecule has 0 saturated carbocycles. The Kier molecular flexibility index (Phi) is 4.59. The van der Waals surface area contributed by atoms with E-state index in [4.69, 9.17) is 21.3 Å². The molecule has 0 aliphatic rings. The zero-order chi connectivity index (χ0) is 14.4. The first-order valence-electron chi connectivity index (χ1n) is 5.87. The molecule has 20 heavy (non-hydrogen) atoms. The van der Waals surface area contributed by atoms with Crippen molar-refractivity contribution in [3.63, 3.8) is 0 Å². The topological polar surface area (TPSA) is 66.0 Å². The first-order valence-corrected chi connectivity index (χ1v) is 6.25. The number of hydrogen-bond donors (Lipinski definition) is 1. The summed E-state index contributed by atoms with van der Waals surface area (Å²) >= 11 is 5.78. The quantitative estimate of drug-likeness (QED) is 0.693. The van der Waals surface area contributed by atoms with Gasteiger partial charge in [0, 0.05) is 5.02 Å². The molecule has 0 radical (unpaired) electrons. The highest BCUT2D eigenvalue weighted by Crippen LogP contribution is 2.12. The van der Waals surface area contributed by atoms with Gasteiger partial charge in [0.2, 0.25) is 0 Å². The fourth-order valence-corrected chi connectivity index (χ4v) is 1.68. The lowest BCUT2D eigenvalue weighted by atomic mass is 10.1. The van der Waals surface area contributed by atoms with Crippen LogP contribution in [-0.4, -0.2) is 5.91 Å². The van der Waals surface area contributed by atoms with Crippen LogP contribution in [0, 0.1) is 11.3 Å². The summed E-state index contributed by atoms with van der Waals surface area (Å²) in [5, 5.41) is 12.3. The highest BCUT2D eigenvalue weighted by atomic mass is 35.5. The zero-order valence-corrected chi connectivity index (χ0v) is 11.2. The minimum atomic E-state index is -0.446. The number of carbonyl (C=O) groups is 1. The third kappa shape index (κ3) is 3.74. The average molecular weight is 287 g/mol. The van der Waals surface area contributed by atoms with Gasteiger partial charge in [0.05, 0.1) is 12.8 Å². The summed E-state index contributed by atoms with van der Waals surface area (Å²) in [5.41, 5.74) is 0.762. The van der Waals surface area contributed by atoms with Crippen molar-refractivity contribution in [2.45, 2.75) is 6.54 Å². The molecule has 0 atom stereocenters. The van der Waals surface area contributed by atoms with Gasteiger partial charge in [-0.15, -0.1) is 0 Å². The molecule has 1 aromatic heterocycles. The van der Waals surface area contributed by atoms with Crippen molar-refractivity contribution in [1.29, 1.82) is 5.26 Å². The van der Waals surface area contributed by atoms with E-state index in [2.05, 4.69) is 5.32 Å². The fourth-order valence-electron chi connectivity index (χ4n) is 1.55. The van der Waals surface area contributed by atoms with E-state index in [1.165, 1.54) is 12.3 Å². The third-order valence-corrected chi connectivity index (χ3v) is 2.80. The van der Waals surface area contributed by atoms with Crippen LogP contribution in [0.1, 0.15) is 11.3 Å². The molecule has 0 saturated heterocycles. The second-order valence-corrected chi connectivity index (χ2v) is 4.42. The Morgan fingerprint density at radius 3 is 2.70 bits per heavy atom. The SMILES string of the molecule is N#C/C(=C/c1ccc(Cl)cc1)C(=O)NCc1ccco1. The van der Waals surface area contributed by atoms with Crippen LogP contribution in [0.25, 0.3) is 6.08 Å². The van der Waals surface area contributed by atoms with E-state index in [-0.39, 0.29) is 12.1 Å². The monoisotopic (exact) mass is 286 g/mol. The van der Waals surface area contributed by atoms with Crippen molar-refractivity contribution in [1.82, 2.24) is 5.32 Å². The highest BCUT2D eigenvalue weighted by Gasteiger charge is 2.09. The number of halogens is 1. The van der Waals surface area contributed by atoms with E-state index in [1.807, 2.05) is 6.07 Å². The normalized spacial score (nSPS) is 10.9. The van der Waals surface area contributed by atoms with Gasteiger partial charge in [-0.25, -0.2) is 0 Å². The number of furan rings is 1. The average Bonchev–Trinajstić information content (AvgIpc) is 2.97. The van der Waals surface area contributed by atoms with Gasteiger partial charge in [-0.2, -0.15) is 5.26 Å². The van der Waals surface area contributed by atoms with Crippen molar-refractivity contribution in [2.24, 2.45) is 0 Å². The third-order valence-electron chi connectivity index (χ3n) is 2.55. The lowest BCUT2D eigenvalue weighted by molar-refractivity contribution is -0.117. The van der Waals surface area contributed by atoms with Crippen LogP contribution in [0.15, 0.2) is 52.7 Å². The van der Waals surface area contributed by atoms with Gasteiger partial charge in [0.1, 0.15) is 17.4 Å². The number of benzene rings is 1. The predicted molar refractivity (Wildman–Crippen MR) is 75.6 cm³/mol. The maximum Gasteiger partial charge on any atom is 0.262 e. The fraction of sp³-hybridized carbons (Fsp3) is 0.0667. The number of carbonyl (C=O) groups excluding carboxylic acids is 1. The number of nitrogens with zero attached hydrogens (tertiary/aromatic N) is 1. The highest BCUT2D eigenvalue weighted by molar-refractivity contribution is 6.30. The predicted octanol–water partition coefficient (Wildman–Crippen LogP) is 3.16. The van der Waals surface area contributed by atoms with Crippen LogP contribution in [-0.2, 0) is 11.3 Å². The van der Waals surface area contributed by atoms with Crippen LogP contribution in [0.4, 0.5) is 0 Å². The molecule has 5 heteroatoms. The molecule has 0 aliphatic carbocycles. The van der Waals surface area contributed by atoms with Crippen molar-refractivity contribution in [3.05, 3.63) is 64.6 Å². The second kappa shape index (κ2) is 6.60. The Labute approximate surface area is 121 Å². The smallest absolute Gasteiger partial charge is 0.262 e. The summed E-state index contributed by atoms with van der Waals surface area (Å²) in [7, 11) is 0. The summed E-state index contributed by atoms with van der Waals surface area (Å²) in [6.45, 7) is 0.242. The molecule has 0 bridgehead atoms. The van der Waals surface area contributed by atoms with Gasteiger partial charge in [-0.1, -0.05) is 23.7 Å². The maximum absolute atomic E-state index is 11.9. The Bertz CT molecular complexity index is 652. The van der Waals surface area contributed by atoms with Crippen molar-refractivity contribution in [2.75, 3.05) is 0 Å². The van der Waals surface area contributed by atoms with Crippen molar-refractivity contribution in [3.8, 4) is 6.07 Å². The molecule has 0 spiro atoms. The molecule has 1 N–H and O–H groups in total. The minimum Gasteiger partial charge on any atom is -0.467 e. The molecule has 0 unspecified atom stereocenters. The van der Waals surface area contributed by atoms with Crippen LogP contribution >= 0.6 is 11.6 Å². The van der Waals surface area contributed by atoms with E-state index in [1.54, 1.807) is 36.4 Å². The summed E-state index contributed by atoms with van der Waals surface area (Å²) in [6.07, 6.45) is 3.03. The molecule has 2 rings (SSSR count). The lowest BCUT2D eigenvalue weighted by Gasteiger charge is -2.02. The first-order chi connectivity index (χ1) is 9.69. The van der Waals surface area contributed by atoms with E-state index in [0.717, 1.165) is 5.56 Å². The Hall–Kier alpha value is -2.51. The van der Waals surface area contributed by atoms with Gasteiger partial charge in [-0.05, 0) is 35.9 Å². The van der Waals surface area contributed by atoms with E-state index < -0.39 is 5.91 Å². The second-order valence-electron chi connectivity index (χ2n) is 3.98. The van der Waals surface area contributed by atoms with Crippen LogP contribution < -0.4 is 5.32 Å². The van der Waals surface area contributed by atoms with Crippen molar-refractivity contribution < 1.29 is 9.21 Å². The molecule has 1 amide bonds. The largest absolute Gasteiger partial charge is 0.467 e. The summed E-state index contributed by atoms with van der Waals surface area (Å²) in [4.78, 5) is 11.9. The van der Waals surface area contributed by atoms with Gasteiger partial charge in [-0.3, -0.25) is 4.79 Å². The summed E-state index contributed by atoms with van der Waals surface area (Å²) in [6, 6.07) is 12.2. The first kappa shape index (κ1) is 13.9. The number of amides is 1. The Morgan fingerprint density at radius 1 is 1.35 bits per heavy atom. The molecule has 2 aromatic rings. The summed E-state index contributed by atoms with van der Waals surface area (Å²) in [5.74, 6) is 0.181. The number of hydrogen-bond acceptors (Lipinski definition) is 3. The minimum absolute atomic E-state index is 0.0267. The van der Waals surface area contributed by atoms with Gasteiger partial charge < -0.3 is 9.73 Å². The van der Waals surface area contributed by atoms with E-state index in [0.29, 0.717) is 10.8 Å². The summed E-state index contributed by atoms with van der Waals surface area (Å²) < 4.78 is 5.10. The molecular formula is C15H11ClN2O2. The molecule has 1 aromatic carbocycles. The Balaban J connectivity index is 2.05. The lowest BCUT2D eigenvalue weighted by Crippen LogP contribution is -2.23. The molecule has 4 nitrogen and oxygen atoms in total. The van der Waals surface area contributed by atoms with Gasteiger partial charge in [0.15, 0.2) is 0 Å². The van der Waals surface area contributed by atoms with Crippen molar-refractivity contribution >= 4 is 23.6 Å². The number of nitriles is 1. The molecule has 100 valence electrons. The molecule has 1 heterocycles. The maximum atomic E-state index is 11.9. The molecular weight excluding hydrogens is 276 g/mol. The molecule has 0 aliphatic heterocycles. The van der Waals surface area contributed by atoms with E-state index >= 15 is 0 Å². The van der Waals surface area contributed by atoms with Gasteiger partial charge in [0.25, 0.3) is 5.91 Å². The van der Waals surface area contributed by atoms with Gasteiger partial charge >= 0.3 is 0 Å². The number of rotatable bonds is 4. The van der Waals surface area contributed by atoms with Crippen LogP contribution in [0.5, 0.6) is 0 Å². The van der Waals surface area contributed by atoms with Crippen LogP contribution in [0.2, 0.25) is 5.02 Å². The number of nitrogens with one attached hydrogen (secondary N) is 1. The molecule has 0 fully saturated rings. The zero-order valence-electron chi connectivity index (χ0n) is 10.5. The van der Waals surface area contributed by atoms with E-state index in [9.17, 15) is 4.79 Å². The Morgan fingerprint density at radius 2 is 2.10 bits per heavy atom. The standard InChI is InChI=1S/C15H11ClN2O2/c16-13-5-3-11(4-6-13)8-12(9-17)15(19)18-10-14-2-1-7-20-14/h1-8H,10H2,(H,18,19)/b12-8-.